The summed E-state index contributed by atoms with van der Waals surface area (Å²) in [5.41, 5.74) is 16.0. The average Bonchev–Trinajstić information content (AvgIpc) is 3.34. The van der Waals surface area contributed by atoms with Gasteiger partial charge in [0.25, 0.3) is 0 Å². The minimum atomic E-state index is -0.281. The third kappa shape index (κ3) is 5.73. The molecule has 2 aliphatic rings. The zero-order chi connectivity index (χ0) is 41.4. The molecule has 0 fully saturated rings. The van der Waals surface area contributed by atoms with E-state index in [-0.39, 0.29) is 5.41 Å². The first-order chi connectivity index (χ1) is 30.5. The van der Waals surface area contributed by atoms with Crippen LogP contribution in [0.25, 0.3) is 54.9 Å². The average molecular weight is 795 g/mol. The molecule has 0 amide bonds. The third-order valence-corrected chi connectivity index (χ3v) is 13.0. The van der Waals surface area contributed by atoms with Crippen LogP contribution in [0.15, 0.2) is 218 Å². The summed E-state index contributed by atoms with van der Waals surface area (Å²) in [6, 6.07) is 79.1. The molecule has 2 aliphatic heterocycles. The van der Waals surface area contributed by atoms with Gasteiger partial charge in [-0.2, -0.15) is 0 Å². The maximum absolute atomic E-state index is 7.01. The molecule has 10 aromatic carbocycles. The molecule has 12 rings (SSSR count). The van der Waals surface area contributed by atoms with Gasteiger partial charge in [0.05, 0.1) is 22.7 Å². The monoisotopic (exact) mass is 794 g/mol. The Morgan fingerprint density at radius 2 is 0.839 bits per heavy atom. The molecule has 10 aromatic rings. The van der Waals surface area contributed by atoms with Crippen LogP contribution in [0.1, 0.15) is 25.0 Å². The van der Waals surface area contributed by atoms with Crippen molar-refractivity contribution in [1.82, 2.24) is 0 Å². The normalized spacial score (nSPS) is 13.5. The highest BCUT2D eigenvalue weighted by Gasteiger charge is 2.38. The highest BCUT2D eigenvalue weighted by Crippen LogP contribution is 2.57. The smallest absolute Gasteiger partial charge is 0.159 e. The van der Waals surface area contributed by atoms with E-state index in [9.17, 15) is 0 Å². The zero-order valence-electron chi connectivity index (χ0n) is 34.6. The molecule has 0 radical (unpaired) electrons. The van der Waals surface area contributed by atoms with Crippen molar-refractivity contribution < 1.29 is 4.74 Å². The first-order valence-electron chi connectivity index (χ1n) is 21.4. The number of hydrogen-bond donors (Lipinski definition) is 0. The fourth-order valence-electron chi connectivity index (χ4n) is 9.81. The lowest BCUT2D eigenvalue weighted by Crippen LogP contribution is -2.31. The third-order valence-electron chi connectivity index (χ3n) is 13.0. The summed E-state index contributed by atoms with van der Waals surface area (Å²) in [4.78, 5) is 4.83. The first-order valence-corrected chi connectivity index (χ1v) is 21.4. The lowest BCUT2D eigenvalue weighted by atomic mass is 9.72. The highest BCUT2D eigenvalue weighted by molar-refractivity contribution is 6.04. The SMILES string of the molecule is CC1(C)c2cc(-c3ccc4c(c3)Oc3c(ccc5ccccc35)N4c3ccc(-c4ccccc4)cc3)ccc2N(c2ccc(-c3ccccc3)cc2)c2c1ccc1ccccc21. The van der Waals surface area contributed by atoms with E-state index in [1.165, 1.54) is 55.5 Å². The number of hydrogen-bond acceptors (Lipinski definition) is 3. The fraction of sp³-hybridized carbons (Fsp3) is 0.0508. The van der Waals surface area contributed by atoms with Gasteiger partial charge in [-0.15, -0.1) is 0 Å². The molecule has 0 spiro atoms. The van der Waals surface area contributed by atoms with Gasteiger partial charge in [0.15, 0.2) is 11.5 Å². The Hall–Kier alpha value is -7.88. The molecule has 0 atom stereocenters. The zero-order valence-corrected chi connectivity index (χ0v) is 34.6. The predicted octanol–water partition coefficient (Wildman–Crippen LogP) is 16.7. The lowest BCUT2D eigenvalue weighted by Gasteiger charge is -2.43. The topological polar surface area (TPSA) is 15.7 Å². The van der Waals surface area contributed by atoms with Gasteiger partial charge >= 0.3 is 0 Å². The standard InChI is InChI=1S/C59H42N2O/c1-59(2)51-33-25-43-17-9-11-19-49(43)57(51)61(48-31-23-42(24-32-48)40-15-7-4-8-16-40)53-34-27-45(37-52(53)59)46-28-35-54-56(38-46)62-58-50-20-12-10-18-44(50)26-36-55(58)60(54)47-29-21-41(22-30-47)39-13-5-3-6-14-39/h3-38H,1-2H3. The molecule has 62 heavy (non-hydrogen) atoms. The summed E-state index contributed by atoms with van der Waals surface area (Å²) in [6.07, 6.45) is 0. The van der Waals surface area contributed by atoms with Gasteiger partial charge in [0.2, 0.25) is 0 Å². The Morgan fingerprint density at radius 1 is 0.355 bits per heavy atom. The quantitative estimate of drug-likeness (QED) is 0.173. The largest absolute Gasteiger partial charge is 0.452 e. The van der Waals surface area contributed by atoms with E-state index < -0.39 is 0 Å². The van der Waals surface area contributed by atoms with Gasteiger partial charge in [-0.3, -0.25) is 0 Å². The van der Waals surface area contributed by atoms with Crippen LogP contribution >= 0.6 is 0 Å². The van der Waals surface area contributed by atoms with Crippen LogP contribution in [-0.4, -0.2) is 0 Å². The molecule has 0 N–H and O–H groups in total. The van der Waals surface area contributed by atoms with Gasteiger partial charge in [-0.05, 0) is 110 Å². The van der Waals surface area contributed by atoms with Crippen LogP contribution in [0.2, 0.25) is 0 Å². The Balaban J connectivity index is 0.988. The number of benzene rings is 10. The van der Waals surface area contributed by atoms with Gasteiger partial charge in [-0.1, -0.05) is 178 Å². The molecule has 294 valence electrons. The predicted molar refractivity (Wildman–Crippen MR) is 259 cm³/mol. The van der Waals surface area contributed by atoms with Crippen molar-refractivity contribution in [2.24, 2.45) is 0 Å². The second-order valence-corrected chi connectivity index (χ2v) is 17.0. The fourth-order valence-corrected chi connectivity index (χ4v) is 9.81. The van der Waals surface area contributed by atoms with Crippen LogP contribution in [-0.2, 0) is 5.41 Å². The van der Waals surface area contributed by atoms with E-state index in [4.69, 9.17) is 4.74 Å². The number of fused-ring (bicyclic) bond motifs is 8. The summed E-state index contributed by atoms with van der Waals surface area (Å²) in [5, 5.41) is 4.72. The van der Waals surface area contributed by atoms with Crippen molar-refractivity contribution in [2.45, 2.75) is 19.3 Å². The van der Waals surface area contributed by atoms with E-state index in [0.29, 0.717) is 0 Å². The van der Waals surface area contributed by atoms with Crippen LogP contribution in [0.5, 0.6) is 11.5 Å². The van der Waals surface area contributed by atoms with Crippen molar-refractivity contribution in [2.75, 3.05) is 9.80 Å². The molecule has 2 heterocycles. The lowest BCUT2D eigenvalue weighted by molar-refractivity contribution is 0.483. The molecule has 3 nitrogen and oxygen atoms in total. The maximum atomic E-state index is 7.01. The Kier molecular flexibility index (Phi) is 8.20. The molecule has 0 aromatic heterocycles. The number of ether oxygens (including phenoxy) is 1. The van der Waals surface area contributed by atoms with Crippen molar-refractivity contribution in [3.8, 4) is 44.9 Å². The summed E-state index contributed by atoms with van der Waals surface area (Å²) in [5.74, 6) is 1.69. The van der Waals surface area contributed by atoms with Crippen LogP contribution in [0.3, 0.4) is 0 Å². The minimum absolute atomic E-state index is 0.281. The molecule has 0 saturated heterocycles. The van der Waals surface area contributed by atoms with E-state index in [1.54, 1.807) is 0 Å². The number of nitrogens with zero attached hydrogens (tertiary/aromatic N) is 2. The molecule has 3 heteroatoms. The number of rotatable bonds is 5. The minimum Gasteiger partial charge on any atom is -0.452 e. The molecule has 0 unspecified atom stereocenters. The summed E-state index contributed by atoms with van der Waals surface area (Å²) >= 11 is 0. The summed E-state index contributed by atoms with van der Waals surface area (Å²) < 4.78 is 7.01. The molecule has 0 bridgehead atoms. The Bertz CT molecular complexity index is 3340. The van der Waals surface area contributed by atoms with Crippen molar-refractivity contribution in [1.29, 1.82) is 0 Å². The van der Waals surface area contributed by atoms with Crippen LogP contribution in [0, 0.1) is 0 Å². The molecular formula is C59H42N2O. The Morgan fingerprint density at radius 3 is 1.50 bits per heavy atom. The van der Waals surface area contributed by atoms with Crippen molar-refractivity contribution >= 4 is 55.7 Å². The van der Waals surface area contributed by atoms with E-state index in [0.717, 1.165) is 56.1 Å². The molecule has 0 aliphatic carbocycles. The number of anilines is 6. The summed E-state index contributed by atoms with van der Waals surface area (Å²) in [6.45, 7) is 4.75. The first kappa shape index (κ1) is 36.0. The van der Waals surface area contributed by atoms with Crippen molar-refractivity contribution in [3.63, 3.8) is 0 Å². The van der Waals surface area contributed by atoms with E-state index in [1.807, 2.05) is 0 Å². The summed E-state index contributed by atoms with van der Waals surface area (Å²) in [7, 11) is 0. The molecule has 0 saturated carbocycles. The van der Waals surface area contributed by atoms with E-state index in [2.05, 4.69) is 242 Å². The van der Waals surface area contributed by atoms with Crippen LogP contribution in [0.4, 0.5) is 34.1 Å². The second kappa shape index (κ2) is 14.1. The molecular weight excluding hydrogens is 753 g/mol. The maximum Gasteiger partial charge on any atom is 0.159 e. The van der Waals surface area contributed by atoms with Crippen LogP contribution < -0.4 is 14.5 Å². The second-order valence-electron chi connectivity index (χ2n) is 17.0. The van der Waals surface area contributed by atoms with Gasteiger partial charge in [-0.25, -0.2) is 0 Å². The highest BCUT2D eigenvalue weighted by atomic mass is 16.5. The van der Waals surface area contributed by atoms with Gasteiger partial charge < -0.3 is 14.5 Å². The Labute approximate surface area is 362 Å². The van der Waals surface area contributed by atoms with Gasteiger partial charge in [0.1, 0.15) is 0 Å². The van der Waals surface area contributed by atoms with Gasteiger partial charge in [0, 0.05) is 27.6 Å². The van der Waals surface area contributed by atoms with E-state index >= 15 is 0 Å². The van der Waals surface area contributed by atoms with Crippen molar-refractivity contribution in [3.05, 3.63) is 230 Å².